The predicted molar refractivity (Wildman–Crippen MR) is 79.2 cm³/mol. The second-order valence-corrected chi connectivity index (χ2v) is 5.23. The highest BCUT2D eigenvalue weighted by Crippen LogP contribution is 2.28. The number of benzene rings is 1. The molecule has 6 nitrogen and oxygen atoms in total. The highest BCUT2D eigenvalue weighted by Gasteiger charge is 2.20. The zero-order chi connectivity index (χ0) is 15.1. The van der Waals surface area contributed by atoms with E-state index in [0.29, 0.717) is 25.1 Å². The molecule has 6 heteroatoms. The number of nitrogens with one attached hydrogen (secondary N) is 1. The summed E-state index contributed by atoms with van der Waals surface area (Å²) >= 11 is 0. The van der Waals surface area contributed by atoms with Crippen molar-refractivity contribution in [1.82, 2.24) is 5.32 Å². The van der Waals surface area contributed by atoms with Crippen molar-refractivity contribution in [3.8, 4) is 0 Å². The van der Waals surface area contributed by atoms with Gasteiger partial charge in [-0.25, -0.2) is 0 Å². The third kappa shape index (κ3) is 5.43. The van der Waals surface area contributed by atoms with E-state index in [9.17, 15) is 4.79 Å². The number of carbonyl (C=O) groups is 1. The van der Waals surface area contributed by atoms with Crippen LogP contribution in [0, 0.1) is 5.92 Å². The smallest absolute Gasteiger partial charge is 0.224 e. The molecule has 0 atom stereocenters. The van der Waals surface area contributed by atoms with Crippen molar-refractivity contribution < 1.29 is 14.7 Å². The van der Waals surface area contributed by atoms with Crippen molar-refractivity contribution in [3.05, 3.63) is 35.4 Å². The summed E-state index contributed by atoms with van der Waals surface area (Å²) in [4.78, 5) is 11.7. The maximum absolute atomic E-state index is 11.7. The van der Waals surface area contributed by atoms with Gasteiger partial charge in [0.1, 0.15) is 0 Å². The van der Waals surface area contributed by atoms with E-state index in [-0.39, 0.29) is 11.7 Å². The third-order valence-corrected chi connectivity index (χ3v) is 3.34. The Morgan fingerprint density at radius 1 is 1.38 bits per heavy atom. The Morgan fingerprint density at radius 2 is 2.10 bits per heavy atom. The number of amidine groups is 1. The fraction of sp³-hybridized carbons (Fsp3) is 0.467. The SMILES string of the molecule is N/C(=N/O)c1ccc(CC(=O)NCCOCC2CC2)cc1. The molecule has 21 heavy (non-hydrogen) atoms. The summed E-state index contributed by atoms with van der Waals surface area (Å²) in [5.74, 6) is 0.759. The number of nitrogens with two attached hydrogens (primary N) is 1. The van der Waals surface area contributed by atoms with Crippen LogP contribution in [0.15, 0.2) is 29.4 Å². The lowest BCUT2D eigenvalue weighted by molar-refractivity contribution is -0.120. The second-order valence-electron chi connectivity index (χ2n) is 5.23. The number of rotatable bonds is 8. The maximum Gasteiger partial charge on any atom is 0.224 e. The van der Waals surface area contributed by atoms with Gasteiger partial charge in [0, 0.05) is 18.7 Å². The lowest BCUT2D eigenvalue weighted by Gasteiger charge is -2.06. The van der Waals surface area contributed by atoms with E-state index in [0.717, 1.165) is 18.1 Å². The molecule has 1 amide bonds. The highest BCUT2D eigenvalue weighted by atomic mass is 16.5. The van der Waals surface area contributed by atoms with Gasteiger partial charge in [-0.15, -0.1) is 0 Å². The van der Waals surface area contributed by atoms with Gasteiger partial charge in [0.05, 0.1) is 13.0 Å². The van der Waals surface area contributed by atoms with Crippen LogP contribution in [0.2, 0.25) is 0 Å². The molecular weight excluding hydrogens is 270 g/mol. The Kier molecular flexibility index (Phi) is 5.57. The van der Waals surface area contributed by atoms with E-state index in [1.807, 2.05) is 0 Å². The summed E-state index contributed by atoms with van der Waals surface area (Å²) in [6.07, 6.45) is 2.85. The van der Waals surface area contributed by atoms with Crippen LogP contribution in [0.4, 0.5) is 0 Å². The zero-order valence-corrected chi connectivity index (χ0v) is 11.9. The molecule has 1 saturated carbocycles. The Morgan fingerprint density at radius 3 is 2.71 bits per heavy atom. The van der Waals surface area contributed by atoms with Crippen molar-refractivity contribution in [3.63, 3.8) is 0 Å². The average Bonchev–Trinajstić information content (AvgIpc) is 3.31. The highest BCUT2D eigenvalue weighted by molar-refractivity contribution is 5.97. The molecule has 2 rings (SSSR count). The Balaban J connectivity index is 1.66. The molecule has 0 aromatic heterocycles. The molecule has 0 saturated heterocycles. The van der Waals surface area contributed by atoms with E-state index in [2.05, 4.69) is 10.5 Å². The molecule has 0 radical (unpaired) electrons. The minimum Gasteiger partial charge on any atom is -0.409 e. The molecule has 1 aromatic rings. The molecule has 1 fully saturated rings. The Labute approximate surface area is 124 Å². The number of nitrogens with zero attached hydrogens (tertiary/aromatic N) is 1. The summed E-state index contributed by atoms with van der Waals surface area (Å²) in [6, 6.07) is 7.01. The van der Waals surface area contributed by atoms with Gasteiger partial charge < -0.3 is 21.0 Å². The number of hydrogen-bond donors (Lipinski definition) is 3. The summed E-state index contributed by atoms with van der Waals surface area (Å²) < 4.78 is 5.45. The van der Waals surface area contributed by atoms with E-state index >= 15 is 0 Å². The summed E-state index contributed by atoms with van der Waals surface area (Å²) in [5, 5.41) is 14.3. The number of carbonyl (C=O) groups excluding carboxylic acids is 1. The first-order valence-corrected chi connectivity index (χ1v) is 7.10. The van der Waals surface area contributed by atoms with E-state index in [4.69, 9.17) is 15.7 Å². The zero-order valence-electron chi connectivity index (χ0n) is 11.9. The summed E-state index contributed by atoms with van der Waals surface area (Å²) in [5.41, 5.74) is 6.97. The van der Waals surface area contributed by atoms with E-state index in [1.54, 1.807) is 24.3 Å². The fourth-order valence-corrected chi connectivity index (χ4v) is 1.90. The monoisotopic (exact) mass is 291 g/mol. The van der Waals surface area contributed by atoms with Gasteiger partial charge in [-0.1, -0.05) is 29.4 Å². The molecule has 4 N–H and O–H groups in total. The third-order valence-electron chi connectivity index (χ3n) is 3.34. The lowest BCUT2D eigenvalue weighted by atomic mass is 10.1. The Bertz CT molecular complexity index is 495. The molecule has 0 bridgehead atoms. The molecule has 1 aromatic carbocycles. The molecular formula is C15H21N3O3. The molecule has 114 valence electrons. The molecule has 1 aliphatic rings. The van der Waals surface area contributed by atoms with Crippen molar-refractivity contribution >= 4 is 11.7 Å². The lowest BCUT2D eigenvalue weighted by Crippen LogP contribution is -2.28. The largest absolute Gasteiger partial charge is 0.409 e. The minimum absolute atomic E-state index is 0.0402. The normalized spacial score (nSPS) is 15.0. The van der Waals surface area contributed by atoms with Crippen LogP contribution in [-0.4, -0.2) is 36.7 Å². The van der Waals surface area contributed by atoms with Gasteiger partial charge in [-0.2, -0.15) is 0 Å². The van der Waals surface area contributed by atoms with Gasteiger partial charge in [0.15, 0.2) is 5.84 Å². The number of ether oxygens (including phenoxy) is 1. The topological polar surface area (TPSA) is 96.9 Å². The summed E-state index contributed by atoms with van der Waals surface area (Å²) in [6.45, 7) is 1.91. The van der Waals surface area contributed by atoms with Crippen LogP contribution in [-0.2, 0) is 16.0 Å². The van der Waals surface area contributed by atoms with Gasteiger partial charge >= 0.3 is 0 Å². The van der Waals surface area contributed by atoms with Crippen LogP contribution in [0.3, 0.4) is 0 Å². The molecule has 0 aliphatic heterocycles. The van der Waals surface area contributed by atoms with Crippen LogP contribution < -0.4 is 11.1 Å². The molecule has 1 aliphatic carbocycles. The van der Waals surface area contributed by atoms with Gasteiger partial charge in [-0.3, -0.25) is 4.79 Å². The van der Waals surface area contributed by atoms with Gasteiger partial charge in [0.2, 0.25) is 5.91 Å². The standard InChI is InChI=1S/C15H21N3O3/c16-15(18-20)13-5-3-11(4-6-13)9-14(19)17-7-8-21-10-12-1-2-12/h3-6,12,20H,1-2,7-10H2,(H2,16,18)(H,17,19). The quantitative estimate of drug-likeness (QED) is 0.218. The van der Waals surface area contributed by atoms with Gasteiger partial charge in [-0.05, 0) is 24.3 Å². The molecule has 0 spiro atoms. The first-order valence-electron chi connectivity index (χ1n) is 7.10. The van der Waals surface area contributed by atoms with Crippen LogP contribution >= 0.6 is 0 Å². The average molecular weight is 291 g/mol. The van der Waals surface area contributed by atoms with Crippen molar-refractivity contribution in [2.45, 2.75) is 19.3 Å². The van der Waals surface area contributed by atoms with Crippen LogP contribution in [0.25, 0.3) is 0 Å². The first-order chi connectivity index (χ1) is 10.2. The number of amides is 1. The van der Waals surface area contributed by atoms with Crippen LogP contribution in [0.5, 0.6) is 0 Å². The fourth-order valence-electron chi connectivity index (χ4n) is 1.90. The number of oxime groups is 1. The second kappa shape index (κ2) is 7.64. The van der Waals surface area contributed by atoms with Crippen molar-refractivity contribution in [1.29, 1.82) is 0 Å². The molecule has 0 heterocycles. The van der Waals surface area contributed by atoms with Crippen molar-refractivity contribution in [2.75, 3.05) is 19.8 Å². The Hall–Kier alpha value is -2.08. The van der Waals surface area contributed by atoms with E-state index < -0.39 is 0 Å². The maximum atomic E-state index is 11.7. The van der Waals surface area contributed by atoms with Gasteiger partial charge in [0.25, 0.3) is 0 Å². The van der Waals surface area contributed by atoms with Crippen LogP contribution in [0.1, 0.15) is 24.0 Å². The van der Waals surface area contributed by atoms with E-state index in [1.165, 1.54) is 12.8 Å². The minimum atomic E-state index is -0.0402. The predicted octanol–water partition coefficient (Wildman–Crippen LogP) is 0.866. The molecule has 0 unspecified atom stereocenters. The number of hydrogen-bond acceptors (Lipinski definition) is 4. The summed E-state index contributed by atoms with van der Waals surface area (Å²) in [7, 11) is 0. The van der Waals surface area contributed by atoms with Crippen molar-refractivity contribution in [2.24, 2.45) is 16.8 Å². The first kappa shape index (κ1) is 15.3.